The first-order valence-corrected chi connectivity index (χ1v) is 7.11. The molecule has 0 spiro atoms. The third-order valence-corrected chi connectivity index (χ3v) is 3.10. The van der Waals surface area contributed by atoms with E-state index in [2.05, 4.69) is 50.0 Å². The second-order valence-electron chi connectivity index (χ2n) is 4.62. The number of rotatable bonds is 5. The van der Waals surface area contributed by atoms with Gasteiger partial charge >= 0.3 is 0 Å². The minimum atomic E-state index is 0.318. The third kappa shape index (κ3) is 4.28. The number of hydrogen-bond acceptors (Lipinski definition) is 4. The Hall–Kier alpha value is -1.49. The van der Waals surface area contributed by atoms with Gasteiger partial charge in [-0.05, 0) is 40.0 Å². The third-order valence-electron chi connectivity index (χ3n) is 2.70. The van der Waals surface area contributed by atoms with Gasteiger partial charge in [0.05, 0.1) is 0 Å². The smallest absolute Gasteiger partial charge is 0.134 e. The fourth-order valence-electron chi connectivity index (χ4n) is 1.67. The number of pyridine rings is 1. The zero-order valence-corrected chi connectivity index (χ0v) is 12.7. The van der Waals surface area contributed by atoms with Crippen LogP contribution >= 0.6 is 15.9 Å². The number of nitrogens with one attached hydrogen (secondary N) is 1. The van der Waals surface area contributed by atoms with Crippen molar-refractivity contribution in [1.82, 2.24) is 15.0 Å². The summed E-state index contributed by atoms with van der Waals surface area (Å²) in [5, 5.41) is 3.33. The standard InChI is InChI=1S/C14H17BrN4/c1-10(2)14-18-12(15)9-13(19-14)17-8-5-11-3-6-16-7-4-11/h3-4,6-7,9-10H,5,8H2,1-2H3,(H,17,18,19). The van der Waals surface area contributed by atoms with Crippen LogP contribution < -0.4 is 5.32 Å². The molecular formula is C14H17BrN4. The maximum atomic E-state index is 4.50. The molecule has 0 aliphatic rings. The SMILES string of the molecule is CC(C)c1nc(Br)cc(NCCc2ccncc2)n1. The van der Waals surface area contributed by atoms with Gasteiger partial charge in [0.1, 0.15) is 16.2 Å². The Morgan fingerprint density at radius 1 is 1.21 bits per heavy atom. The molecule has 0 aromatic carbocycles. The van der Waals surface area contributed by atoms with Crippen molar-refractivity contribution in [3.63, 3.8) is 0 Å². The Kier molecular flexibility index (Phi) is 4.85. The van der Waals surface area contributed by atoms with E-state index in [9.17, 15) is 0 Å². The summed E-state index contributed by atoms with van der Waals surface area (Å²) in [4.78, 5) is 12.9. The number of nitrogens with zero attached hydrogens (tertiary/aromatic N) is 3. The van der Waals surface area contributed by atoms with Gasteiger partial charge in [-0.3, -0.25) is 4.98 Å². The maximum absolute atomic E-state index is 4.50. The lowest BCUT2D eigenvalue weighted by Gasteiger charge is -2.09. The van der Waals surface area contributed by atoms with Crippen LogP contribution in [0, 0.1) is 0 Å². The van der Waals surface area contributed by atoms with E-state index in [1.54, 1.807) is 0 Å². The van der Waals surface area contributed by atoms with E-state index in [-0.39, 0.29) is 0 Å². The number of aromatic nitrogens is 3. The fraction of sp³-hybridized carbons (Fsp3) is 0.357. The minimum absolute atomic E-state index is 0.318. The topological polar surface area (TPSA) is 50.7 Å². The summed E-state index contributed by atoms with van der Waals surface area (Å²) in [6, 6.07) is 5.95. The Bertz CT molecular complexity index is 528. The van der Waals surface area contributed by atoms with Gasteiger partial charge in [0.2, 0.25) is 0 Å². The first-order chi connectivity index (χ1) is 9.15. The summed E-state index contributed by atoms with van der Waals surface area (Å²) in [5.41, 5.74) is 1.26. The van der Waals surface area contributed by atoms with Crippen LogP contribution in [0.25, 0.3) is 0 Å². The van der Waals surface area contributed by atoms with E-state index in [1.165, 1.54) is 5.56 Å². The summed E-state index contributed by atoms with van der Waals surface area (Å²) in [5.74, 6) is 2.03. The quantitative estimate of drug-likeness (QED) is 0.858. The molecule has 0 bridgehead atoms. The van der Waals surface area contributed by atoms with Gasteiger partial charge in [0, 0.05) is 30.9 Å². The Balaban J connectivity index is 1.96. The van der Waals surface area contributed by atoms with E-state index < -0.39 is 0 Å². The number of halogens is 1. The van der Waals surface area contributed by atoms with Crippen molar-refractivity contribution in [2.75, 3.05) is 11.9 Å². The van der Waals surface area contributed by atoms with Crippen LogP contribution in [-0.2, 0) is 6.42 Å². The Morgan fingerprint density at radius 2 is 1.95 bits per heavy atom. The predicted octanol–water partition coefficient (Wildman–Crippen LogP) is 3.41. The van der Waals surface area contributed by atoms with Crippen molar-refractivity contribution in [2.24, 2.45) is 0 Å². The van der Waals surface area contributed by atoms with Crippen molar-refractivity contribution in [2.45, 2.75) is 26.2 Å². The molecule has 0 fully saturated rings. The van der Waals surface area contributed by atoms with Gasteiger partial charge < -0.3 is 5.32 Å². The average Bonchev–Trinajstić information content (AvgIpc) is 2.39. The van der Waals surface area contributed by atoms with E-state index in [0.717, 1.165) is 29.2 Å². The summed E-state index contributed by atoms with van der Waals surface area (Å²) < 4.78 is 0.817. The molecule has 4 nitrogen and oxygen atoms in total. The molecule has 5 heteroatoms. The maximum Gasteiger partial charge on any atom is 0.134 e. The van der Waals surface area contributed by atoms with Gasteiger partial charge in [-0.25, -0.2) is 9.97 Å². The number of hydrogen-bond donors (Lipinski definition) is 1. The van der Waals surface area contributed by atoms with Gasteiger partial charge in [-0.15, -0.1) is 0 Å². The van der Waals surface area contributed by atoms with Crippen molar-refractivity contribution in [3.8, 4) is 0 Å². The highest BCUT2D eigenvalue weighted by molar-refractivity contribution is 9.10. The normalized spacial score (nSPS) is 10.7. The molecule has 0 aliphatic heterocycles. The molecular weight excluding hydrogens is 304 g/mol. The largest absolute Gasteiger partial charge is 0.370 e. The van der Waals surface area contributed by atoms with Gasteiger partial charge in [0.15, 0.2) is 0 Å². The molecule has 2 heterocycles. The molecule has 1 N–H and O–H groups in total. The van der Waals surface area contributed by atoms with E-state index in [4.69, 9.17) is 0 Å². The minimum Gasteiger partial charge on any atom is -0.370 e. The van der Waals surface area contributed by atoms with Crippen LogP contribution in [0.4, 0.5) is 5.82 Å². The Labute approximate surface area is 121 Å². The fourth-order valence-corrected chi connectivity index (χ4v) is 2.07. The lowest BCUT2D eigenvalue weighted by Crippen LogP contribution is -2.09. The molecule has 0 aliphatic carbocycles. The lowest BCUT2D eigenvalue weighted by atomic mass is 10.2. The van der Waals surface area contributed by atoms with Crippen LogP contribution in [0.2, 0.25) is 0 Å². The average molecular weight is 321 g/mol. The highest BCUT2D eigenvalue weighted by atomic mass is 79.9. The summed E-state index contributed by atoms with van der Waals surface area (Å²) in [6.07, 6.45) is 4.57. The van der Waals surface area contributed by atoms with Gasteiger partial charge in [-0.2, -0.15) is 0 Å². The molecule has 0 unspecified atom stereocenters. The first kappa shape index (κ1) is 13.9. The monoisotopic (exact) mass is 320 g/mol. The molecule has 2 aromatic rings. The highest BCUT2D eigenvalue weighted by Gasteiger charge is 2.06. The highest BCUT2D eigenvalue weighted by Crippen LogP contribution is 2.17. The van der Waals surface area contributed by atoms with Crippen LogP contribution in [-0.4, -0.2) is 21.5 Å². The molecule has 100 valence electrons. The van der Waals surface area contributed by atoms with Crippen molar-refractivity contribution < 1.29 is 0 Å². The van der Waals surface area contributed by atoms with Crippen molar-refractivity contribution in [1.29, 1.82) is 0 Å². The predicted molar refractivity (Wildman–Crippen MR) is 80.3 cm³/mol. The molecule has 2 rings (SSSR count). The molecule has 0 saturated carbocycles. The zero-order valence-electron chi connectivity index (χ0n) is 11.1. The molecule has 0 radical (unpaired) electrons. The van der Waals surface area contributed by atoms with Crippen molar-refractivity contribution >= 4 is 21.7 Å². The van der Waals surface area contributed by atoms with Crippen LogP contribution in [0.3, 0.4) is 0 Å². The van der Waals surface area contributed by atoms with E-state index in [0.29, 0.717) is 5.92 Å². The van der Waals surface area contributed by atoms with Crippen LogP contribution in [0.1, 0.15) is 31.2 Å². The van der Waals surface area contributed by atoms with E-state index >= 15 is 0 Å². The first-order valence-electron chi connectivity index (χ1n) is 6.32. The van der Waals surface area contributed by atoms with Crippen LogP contribution in [0.15, 0.2) is 35.2 Å². The molecule has 0 saturated heterocycles. The summed E-state index contributed by atoms with van der Waals surface area (Å²) >= 11 is 3.42. The zero-order chi connectivity index (χ0) is 13.7. The molecule has 0 amide bonds. The number of anilines is 1. The molecule has 0 atom stereocenters. The summed E-state index contributed by atoms with van der Waals surface area (Å²) in [6.45, 7) is 5.01. The lowest BCUT2D eigenvalue weighted by molar-refractivity contribution is 0.769. The Morgan fingerprint density at radius 3 is 2.63 bits per heavy atom. The second-order valence-corrected chi connectivity index (χ2v) is 5.43. The van der Waals surface area contributed by atoms with Gasteiger partial charge in [-0.1, -0.05) is 13.8 Å². The molecule has 2 aromatic heterocycles. The van der Waals surface area contributed by atoms with Crippen LogP contribution in [0.5, 0.6) is 0 Å². The second kappa shape index (κ2) is 6.61. The van der Waals surface area contributed by atoms with Gasteiger partial charge in [0.25, 0.3) is 0 Å². The van der Waals surface area contributed by atoms with E-state index in [1.807, 2.05) is 30.6 Å². The summed E-state index contributed by atoms with van der Waals surface area (Å²) in [7, 11) is 0. The molecule has 19 heavy (non-hydrogen) atoms. The van der Waals surface area contributed by atoms with Crippen molar-refractivity contribution in [3.05, 3.63) is 46.6 Å².